The molecule has 1 saturated heterocycles. The van der Waals surface area contributed by atoms with Crippen LogP contribution in [0.15, 0.2) is 12.3 Å². The Morgan fingerprint density at radius 1 is 1.47 bits per heavy atom. The van der Waals surface area contributed by atoms with E-state index in [2.05, 4.69) is 29.8 Å². The zero-order valence-electron chi connectivity index (χ0n) is 10.3. The van der Waals surface area contributed by atoms with Gasteiger partial charge in [-0.25, -0.2) is 4.98 Å². The zero-order chi connectivity index (χ0) is 12.4. The van der Waals surface area contributed by atoms with E-state index in [-0.39, 0.29) is 0 Å². The van der Waals surface area contributed by atoms with Crippen molar-refractivity contribution in [1.82, 2.24) is 4.98 Å². The van der Waals surface area contributed by atoms with Crippen molar-refractivity contribution in [2.75, 3.05) is 23.7 Å². The van der Waals surface area contributed by atoms with Crippen LogP contribution in [0.5, 0.6) is 0 Å². The zero-order valence-corrected chi connectivity index (χ0v) is 10.3. The van der Waals surface area contributed by atoms with Crippen molar-refractivity contribution < 1.29 is 0 Å². The van der Waals surface area contributed by atoms with Crippen LogP contribution in [0.2, 0.25) is 0 Å². The van der Waals surface area contributed by atoms with E-state index < -0.39 is 0 Å². The summed E-state index contributed by atoms with van der Waals surface area (Å²) >= 11 is 0. The fourth-order valence-corrected chi connectivity index (χ4v) is 2.26. The molecule has 1 aliphatic heterocycles. The predicted octanol–water partition coefficient (Wildman–Crippen LogP) is 2.02. The van der Waals surface area contributed by atoms with E-state index in [4.69, 9.17) is 11.0 Å². The van der Waals surface area contributed by atoms with E-state index in [1.165, 1.54) is 6.42 Å². The number of anilines is 2. The van der Waals surface area contributed by atoms with Crippen LogP contribution in [0, 0.1) is 23.2 Å². The topological polar surface area (TPSA) is 65.9 Å². The van der Waals surface area contributed by atoms with Gasteiger partial charge >= 0.3 is 0 Å². The minimum Gasteiger partial charge on any atom is -0.396 e. The molecule has 2 rings (SSSR count). The van der Waals surface area contributed by atoms with Gasteiger partial charge in [0.05, 0.1) is 11.3 Å². The first-order chi connectivity index (χ1) is 8.11. The van der Waals surface area contributed by atoms with Gasteiger partial charge in [0.2, 0.25) is 0 Å². The van der Waals surface area contributed by atoms with Crippen molar-refractivity contribution in [1.29, 1.82) is 5.26 Å². The van der Waals surface area contributed by atoms with Crippen LogP contribution in [0.1, 0.15) is 25.8 Å². The molecule has 1 aromatic rings. The molecule has 1 aliphatic rings. The largest absolute Gasteiger partial charge is 0.396 e. The Hall–Kier alpha value is -1.76. The molecule has 0 saturated carbocycles. The minimum absolute atomic E-state index is 0.518. The van der Waals surface area contributed by atoms with Gasteiger partial charge in [-0.2, -0.15) is 5.26 Å². The highest BCUT2D eigenvalue weighted by atomic mass is 15.2. The van der Waals surface area contributed by atoms with Gasteiger partial charge in [-0.3, -0.25) is 0 Å². The van der Waals surface area contributed by atoms with Gasteiger partial charge in [0, 0.05) is 19.3 Å². The maximum atomic E-state index is 8.78. The van der Waals surface area contributed by atoms with Gasteiger partial charge in [0.1, 0.15) is 6.07 Å². The number of hydrogen-bond acceptors (Lipinski definition) is 4. The summed E-state index contributed by atoms with van der Waals surface area (Å²) in [7, 11) is 0. The number of nitrogens with two attached hydrogens (primary N) is 1. The monoisotopic (exact) mass is 230 g/mol. The summed E-state index contributed by atoms with van der Waals surface area (Å²) in [6.07, 6.45) is 2.76. The van der Waals surface area contributed by atoms with E-state index in [1.54, 1.807) is 12.3 Å². The molecule has 4 heteroatoms. The van der Waals surface area contributed by atoms with E-state index >= 15 is 0 Å². The van der Waals surface area contributed by atoms with Crippen molar-refractivity contribution >= 4 is 11.5 Å². The van der Waals surface area contributed by atoms with Crippen LogP contribution < -0.4 is 10.6 Å². The maximum Gasteiger partial charge on any atom is 0.151 e. The van der Waals surface area contributed by atoms with Gasteiger partial charge in [-0.05, 0) is 24.3 Å². The van der Waals surface area contributed by atoms with E-state index in [0.29, 0.717) is 17.2 Å². The second-order valence-corrected chi connectivity index (χ2v) is 4.94. The summed E-state index contributed by atoms with van der Waals surface area (Å²) < 4.78 is 0. The lowest BCUT2D eigenvalue weighted by Gasteiger charge is -2.36. The van der Waals surface area contributed by atoms with E-state index in [9.17, 15) is 0 Å². The van der Waals surface area contributed by atoms with Crippen molar-refractivity contribution in [3.8, 4) is 6.07 Å². The first kappa shape index (κ1) is 11.7. The number of aromatic nitrogens is 1. The molecule has 2 unspecified atom stereocenters. The van der Waals surface area contributed by atoms with Crippen LogP contribution in [0.25, 0.3) is 0 Å². The van der Waals surface area contributed by atoms with Gasteiger partial charge < -0.3 is 10.6 Å². The number of hydrogen-bond donors (Lipinski definition) is 1. The third kappa shape index (κ3) is 2.33. The summed E-state index contributed by atoms with van der Waals surface area (Å²) in [4.78, 5) is 6.53. The van der Waals surface area contributed by atoms with E-state index in [1.807, 2.05) is 0 Å². The van der Waals surface area contributed by atoms with Crippen molar-refractivity contribution in [3.05, 3.63) is 17.8 Å². The molecule has 90 valence electrons. The molecule has 1 fully saturated rings. The lowest BCUT2D eigenvalue weighted by Crippen LogP contribution is -2.39. The molecule has 2 heterocycles. The van der Waals surface area contributed by atoms with Crippen molar-refractivity contribution in [2.24, 2.45) is 11.8 Å². The summed E-state index contributed by atoms with van der Waals surface area (Å²) in [6.45, 7) is 6.53. The third-order valence-electron chi connectivity index (χ3n) is 3.66. The fourth-order valence-electron chi connectivity index (χ4n) is 2.26. The second-order valence-electron chi connectivity index (χ2n) is 4.94. The Balaban J connectivity index is 2.21. The molecule has 1 aromatic heterocycles. The lowest BCUT2D eigenvalue weighted by molar-refractivity contribution is 0.323. The smallest absolute Gasteiger partial charge is 0.151 e. The van der Waals surface area contributed by atoms with Crippen molar-refractivity contribution in [2.45, 2.75) is 20.3 Å². The van der Waals surface area contributed by atoms with Crippen LogP contribution in [-0.2, 0) is 0 Å². The maximum absolute atomic E-state index is 8.78. The highest BCUT2D eigenvalue weighted by molar-refractivity contribution is 5.64. The minimum atomic E-state index is 0.518. The Kier molecular flexibility index (Phi) is 3.19. The first-order valence-electron chi connectivity index (χ1n) is 6.02. The average molecular weight is 230 g/mol. The fraction of sp³-hybridized carbons (Fsp3) is 0.538. The van der Waals surface area contributed by atoms with Crippen molar-refractivity contribution in [3.63, 3.8) is 0 Å². The quantitative estimate of drug-likeness (QED) is 0.801. The molecule has 0 radical (unpaired) electrons. The normalized spacial score (nSPS) is 24.4. The molecule has 2 N–H and O–H groups in total. The van der Waals surface area contributed by atoms with Gasteiger partial charge in [0.15, 0.2) is 5.82 Å². The Bertz CT molecular complexity index is 449. The Morgan fingerprint density at radius 3 is 2.82 bits per heavy atom. The van der Waals surface area contributed by atoms with Crippen LogP contribution in [-0.4, -0.2) is 18.1 Å². The van der Waals surface area contributed by atoms with Gasteiger partial charge in [0.25, 0.3) is 0 Å². The summed E-state index contributed by atoms with van der Waals surface area (Å²) in [5.41, 5.74) is 7.07. The molecule has 0 spiro atoms. The Labute approximate surface area is 102 Å². The molecular weight excluding hydrogens is 212 g/mol. The highest BCUT2D eigenvalue weighted by Gasteiger charge is 2.24. The summed E-state index contributed by atoms with van der Waals surface area (Å²) in [5.74, 6) is 2.23. The van der Waals surface area contributed by atoms with Gasteiger partial charge in [-0.1, -0.05) is 13.8 Å². The number of rotatable bonds is 1. The number of nitrogens with zero attached hydrogens (tertiary/aromatic N) is 3. The Morgan fingerprint density at radius 2 is 2.24 bits per heavy atom. The van der Waals surface area contributed by atoms with Gasteiger partial charge in [-0.15, -0.1) is 0 Å². The molecule has 17 heavy (non-hydrogen) atoms. The summed E-state index contributed by atoms with van der Waals surface area (Å²) in [6, 6.07) is 3.75. The molecule has 4 nitrogen and oxygen atoms in total. The highest BCUT2D eigenvalue weighted by Crippen LogP contribution is 2.29. The number of nitrogen functional groups attached to an aromatic ring is 1. The van der Waals surface area contributed by atoms with Crippen LogP contribution in [0.4, 0.5) is 11.5 Å². The molecular formula is C13H18N4. The SMILES string of the molecule is CC1CCN(c2ncc(C#N)cc2N)CC1C. The third-order valence-corrected chi connectivity index (χ3v) is 3.66. The molecule has 0 aliphatic carbocycles. The molecule has 0 aromatic carbocycles. The van der Waals surface area contributed by atoms with E-state index in [0.717, 1.165) is 24.8 Å². The number of nitriles is 1. The second kappa shape index (κ2) is 4.62. The summed E-state index contributed by atoms with van der Waals surface area (Å²) in [5, 5.41) is 8.78. The van der Waals surface area contributed by atoms with Crippen LogP contribution >= 0.6 is 0 Å². The predicted molar refractivity (Wildman–Crippen MR) is 68.5 cm³/mol. The number of piperidine rings is 1. The van der Waals surface area contributed by atoms with Crippen LogP contribution in [0.3, 0.4) is 0 Å². The molecule has 0 bridgehead atoms. The lowest BCUT2D eigenvalue weighted by atomic mass is 9.88. The molecule has 0 amide bonds. The average Bonchev–Trinajstić information content (AvgIpc) is 2.32. The standard InChI is InChI=1S/C13H18N4/c1-9-3-4-17(8-10(9)2)13-12(15)5-11(6-14)7-16-13/h5,7,9-10H,3-4,8,15H2,1-2H3. The number of pyridine rings is 1. The molecule has 2 atom stereocenters. The first-order valence-corrected chi connectivity index (χ1v) is 6.02.